The zero-order chi connectivity index (χ0) is 23.7. The lowest BCUT2D eigenvalue weighted by Crippen LogP contribution is -2.15. The van der Waals surface area contributed by atoms with Gasteiger partial charge in [-0.25, -0.2) is 4.98 Å². The first-order valence-corrected chi connectivity index (χ1v) is 10.1. The fraction of sp³-hybridized carbons (Fsp3) is 0.0833. The van der Waals surface area contributed by atoms with Crippen molar-refractivity contribution in [2.45, 2.75) is 6.18 Å². The molecule has 3 aromatic carbocycles. The molecule has 34 heavy (non-hydrogen) atoms. The van der Waals surface area contributed by atoms with E-state index in [0.717, 1.165) is 0 Å². The molecule has 3 N–H and O–H groups in total. The van der Waals surface area contributed by atoms with Gasteiger partial charge in [-0.05, 0) is 42.5 Å². The maximum Gasteiger partial charge on any atom is 0.422 e. The normalized spacial score (nSPS) is 12.4. The number of nitrogens with zero attached hydrogens (tertiary/aromatic N) is 2. The molecule has 0 spiro atoms. The second kappa shape index (κ2) is 8.47. The fourth-order valence-corrected chi connectivity index (χ4v) is 3.49. The van der Waals surface area contributed by atoms with Gasteiger partial charge in [0.25, 0.3) is 0 Å². The number of anilines is 3. The molecule has 0 amide bonds. The molecule has 1 aromatic heterocycles. The predicted octanol–water partition coefficient (Wildman–Crippen LogP) is 6.01. The molecular formula is C24H17F3N4O3. The average molecular weight is 466 g/mol. The van der Waals surface area contributed by atoms with E-state index in [4.69, 9.17) is 19.9 Å². The summed E-state index contributed by atoms with van der Waals surface area (Å²) in [5.41, 5.74) is 4.85. The maximum absolute atomic E-state index is 14.2. The molecule has 0 atom stereocenters. The lowest BCUT2D eigenvalue weighted by Gasteiger charge is -2.18. The molecule has 10 heteroatoms. The van der Waals surface area contributed by atoms with Gasteiger partial charge in [0.1, 0.15) is 22.9 Å². The van der Waals surface area contributed by atoms with Crippen molar-refractivity contribution >= 4 is 17.5 Å². The summed E-state index contributed by atoms with van der Waals surface area (Å²) in [5, 5.41) is 2.72. The van der Waals surface area contributed by atoms with E-state index in [-0.39, 0.29) is 24.0 Å². The first-order valence-electron chi connectivity index (χ1n) is 10.1. The molecule has 1 aliphatic rings. The Kier molecular flexibility index (Phi) is 5.33. The summed E-state index contributed by atoms with van der Waals surface area (Å²) in [5.74, 6) is 0.982. The van der Waals surface area contributed by atoms with Crippen molar-refractivity contribution in [1.82, 2.24) is 9.97 Å². The van der Waals surface area contributed by atoms with E-state index in [1.807, 2.05) is 18.2 Å². The molecule has 0 radical (unpaired) electrons. The lowest BCUT2D eigenvalue weighted by molar-refractivity contribution is -0.136. The number of halogens is 3. The summed E-state index contributed by atoms with van der Waals surface area (Å²) in [4.78, 5) is 7.74. The first kappa shape index (κ1) is 21.4. The Bertz CT molecular complexity index is 1350. The van der Waals surface area contributed by atoms with Crippen LogP contribution in [-0.4, -0.2) is 16.8 Å². The van der Waals surface area contributed by atoms with Crippen LogP contribution in [0, 0.1) is 0 Å². The number of para-hydroxylation sites is 1. The summed E-state index contributed by atoms with van der Waals surface area (Å²) in [6, 6.07) is 19.9. The van der Waals surface area contributed by atoms with Gasteiger partial charge in [-0.15, -0.1) is 0 Å². The number of alkyl halides is 3. The van der Waals surface area contributed by atoms with Crippen LogP contribution >= 0.6 is 0 Å². The van der Waals surface area contributed by atoms with Crippen LogP contribution in [0.15, 0.2) is 72.8 Å². The number of ether oxygens (including phenoxy) is 3. The average Bonchev–Trinajstić information content (AvgIpc) is 3.27. The van der Waals surface area contributed by atoms with Gasteiger partial charge in [-0.3, -0.25) is 0 Å². The van der Waals surface area contributed by atoms with Crippen LogP contribution in [0.4, 0.5) is 30.6 Å². The molecule has 1 aliphatic heterocycles. The number of hydrogen-bond donors (Lipinski definition) is 2. The second-order valence-corrected chi connectivity index (χ2v) is 7.29. The minimum atomic E-state index is -4.78. The number of rotatable bonds is 5. The van der Waals surface area contributed by atoms with E-state index in [1.165, 1.54) is 18.2 Å². The van der Waals surface area contributed by atoms with Crippen LogP contribution in [0.25, 0.3) is 11.3 Å². The SMILES string of the molecule is Nc1nc(Nc2cccc(Oc3ccccc3)c2)c(C(F)(F)F)c(-c2ccc3c(c2)OCO3)n1. The summed E-state index contributed by atoms with van der Waals surface area (Å²) >= 11 is 0. The molecule has 7 nitrogen and oxygen atoms in total. The van der Waals surface area contributed by atoms with Crippen LogP contribution in [0.3, 0.4) is 0 Å². The Balaban J connectivity index is 1.54. The Morgan fingerprint density at radius 1 is 0.853 bits per heavy atom. The van der Waals surface area contributed by atoms with Gasteiger partial charge < -0.3 is 25.3 Å². The van der Waals surface area contributed by atoms with Crippen molar-refractivity contribution in [2.24, 2.45) is 0 Å². The molecule has 4 aromatic rings. The molecule has 0 fully saturated rings. The number of benzene rings is 3. The van der Waals surface area contributed by atoms with Gasteiger partial charge in [0.15, 0.2) is 11.5 Å². The van der Waals surface area contributed by atoms with E-state index in [9.17, 15) is 13.2 Å². The third-order valence-electron chi connectivity index (χ3n) is 4.93. The monoisotopic (exact) mass is 466 g/mol. The van der Waals surface area contributed by atoms with Crippen molar-refractivity contribution in [3.8, 4) is 34.3 Å². The summed E-state index contributed by atoms with van der Waals surface area (Å²) < 4.78 is 59.0. The number of fused-ring (bicyclic) bond motifs is 1. The molecule has 0 aliphatic carbocycles. The quantitative estimate of drug-likeness (QED) is 0.372. The van der Waals surface area contributed by atoms with Crippen LogP contribution in [0.5, 0.6) is 23.0 Å². The van der Waals surface area contributed by atoms with Crippen molar-refractivity contribution < 1.29 is 27.4 Å². The number of aromatic nitrogens is 2. The standard InChI is InChI=1S/C24H17F3N4O3/c25-24(26,27)20-21(14-9-10-18-19(11-14)33-13-32-18)30-23(28)31-22(20)29-15-5-4-8-17(12-15)34-16-6-2-1-3-7-16/h1-12H,13H2,(H3,28,29,30,31). The highest BCUT2D eigenvalue weighted by atomic mass is 19.4. The first-order chi connectivity index (χ1) is 16.4. The third-order valence-corrected chi connectivity index (χ3v) is 4.93. The van der Waals surface area contributed by atoms with Crippen LogP contribution in [0.1, 0.15) is 5.56 Å². The van der Waals surface area contributed by atoms with Gasteiger partial charge in [0, 0.05) is 17.3 Å². The summed E-state index contributed by atoms with van der Waals surface area (Å²) in [7, 11) is 0. The van der Waals surface area contributed by atoms with Crippen molar-refractivity contribution in [1.29, 1.82) is 0 Å². The zero-order valence-electron chi connectivity index (χ0n) is 17.5. The lowest BCUT2D eigenvalue weighted by atomic mass is 10.0. The van der Waals surface area contributed by atoms with Crippen molar-refractivity contribution in [3.05, 3.63) is 78.4 Å². The largest absolute Gasteiger partial charge is 0.457 e. The van der Waals surface area contributed by atoms with E-state index in [1.54, 1.807) is 36.4 Å². The van der Waals surface area contributed by atoms with E-state index in [0.29, 0.717) is 28.7 Å². The van der Waals surface area contributed by atoms with Gasteiger partial charge in [0.05, 0.1) is 5.69 Å². The topological polar surface area (TPSA) is 91.5 Å². The number of nitrogen functional groups attached to an aromatic ring is 1. The van der Waals surface area contributed by atoms with Gasteiger partial charge in [-0.1, -0.05) is 24.3 Å². The van der Waals surface area contributed by atoms with Crippen LogP contribution in [0.2, 0.25) is 0 Å². The van der Waals surface area contributed by atoms with E-state index in [2.05, 4.69) is 15.3 Å². The Morgan fingerprint density at radius 3 is 2.41 bits per heavy atom. The van der Waals surface area contributed by atoms with Crippen LogP contribution in [-0.2, 0) is 6.18 Å². The van der Waals surface area contributed by atoms with Crippen LogP contribution < -0.4 is 25.3 Å². The maximum atomic E-state index is 14.2. The zero-order valence-corrected chi connectivity index (χ0v) is 17.5. The van der Waals surface area contributed by atoms with E-state index >= 15 is 0 Å². The molecule has 0 bridgehead atoms. The third kappa shape index (κ3) is 4.38. The molecule has 5 rings (SSSR count). The number of nitrogens with two attached hydrogens (primary N) is 1. The Labute approximate surface area is 191 Å². The number of hydrogen-bond acceptors (Lipinski definition) is 7. The Morgan fingerprint density at radius 2 is 1.62 bits per heavy atom. The van der Waals surface area contributed by atoms with Crippen molar-refractivity contribution in [3.63, 3.8) is 0 Å². The molecular weight excluding hydrogens is 449 g/mol. The Hall–Kier alpha value is -4.47. The molecule has 172 valence electrons. The number of nitrogens with one attached hydrogen (secondary N) is 1. The fourth-order valence-electron chi connectivity index (χ4n) is 3.49. The van der Waals surface area contributed by atoms with Gasteiger partial charge >= 0.3 is 6.18 Å². The minimum absolute atomic E-state index is 0.00890. The highest BCUT2D eigenvalue weighted by Crippen LogP contribution is 2.44. The summed E-state index contributed by atoms with van der Waals surface area (Å²) in [6.45, 7) is -0.00890. The second-order valence-electron chi connectivity index (χ2n) is 7.29. The van der Waals surface area contributed by atoms with Crippen molar-refractivity contribution in [2.75, 3.05) is 17.8 Å². The molecule has 0 saturated heterocycles. The molecule has 2 heterocycles. The van der Waals surface area contributed by atoms with Gasteiger partial charge in [-0.2, -0.15) is 18.2 Å². The predicted molar refractivity (Wildman–Crippen MR) is 119 cm³/mol. The molecule has 0 unspecified atom stereocenters. The van der Waals surface area contributed by atoms with E-state index < -0.39 is 17.6 Å². The highest BCUT2D eigenvalue weighted by molar-refractivity contribution is 5.75. The smallest absolute Gasteiger partial charge is 0.422 e. The minimum Gasteiger partial charge on any atom is -0.457 e. The van der Waals surface area contributed by atoms with Gasteiger partial charge in [0.2, 0.25) is 12.7 Å². The highest BCUT2D eigenvalue weighted by Gasteiger charge is 2.39. The summed E-state index contributed by atoms with van der Waals surface area (Å²) in [6.07, 6.45) is -4.78. The molecule has 0 saturated carbocycles.